The number of carbonyl (C=O) groups excluding carboxylic acids is 3. The lowest BCUT2D eigenvalue weighted by molar-refractivity contribution is -0.129. The maximum atomic E-state index is 12.2. The zero-order valence-corrected chi connectivity index (χ0v) is 13.0. The molecule has 7 nitrogen and oxygen atoms in total. The lowest BCUT2D eigenvalue weighted by Gasteiger charge is -2.18. The van der Waals surface area contributed by atoms with Crippen molar-refractivity contribution in [1.29, 1.82) is 0 Å². The third-order valence-corrected chi connectivity index (χ3v) is 4.04. The summed E-state index contributed by atoms with van der Waals surface area (Å²) in [6.07, 6.45) is 0.933. The maximum Gasteiger partial charge on any atom is 0.243 e. The van der Waals surface area contributed by atoms with E-state index < -0.39 is 23.9 Å². The van der Waals surface area contributed by atoms with Gasteiger partial charge < -0.3 is 16.4 Å². The Kier molecular flexibility index (Phi) is 4.41. The van der Waals surface area contributed by atoms with E-state index in [0.717, 1.165) is 10.9 Å². The topological polar surface area (TPSA) is 114 Å². The molecule has 0 radical (unpaired) electrons. The van der Waals surface area contributed by atoms with E-state index in [1.54, 1.807) is 0 Å². The number of nitrogens with one attached hydrogen (secondary N) is 2. The van der Waals surface area contributed by atoms with Crippen LogP contribution in [0.2, 0.25) is 0 Å². The maximum absolute atomic E-state index is 12.2. The molecule has 1 aromatic carbocycles. The van der Waals surface area contributed by atoms with E-state index in [4.69, 9.17) is 5.73 Å². The summed E-state index contributed by atoms with van der Waals surface area (Å²) in [4.78, 5) is 39.5. The summed E-state index contributed by atoms with van der Waals surface area (Å²) in [7, 11) is 0. The van der Waals surface area contributed by atoms with Crippen LogP contribution in [0.15, 0.2) is 36.4 Å². The molecule has 4 N–H and O–H groups in total. The molecule has 1 fully saturated rings. The number of para-hydroxylation sites is 1. The fraction of sp³-hybridized carbons (Fsp3) is 0.294. The van der Waals surface area contributed by atoms with E-state index in [1.807, 2.05) is 36.4 Å². The van der Waals surface area contributed by atoms with E-state index in [-0.39, 0.29) is 12.3 Å². The molecule has 2 atom stereocenters. The minimum Gasteiger partial charge on any atom is -0.368 e. The average molecular weight is 326 g/mol. The summed E-state index contributed by atoms with van der Waals surface area (Å²) < 4.78 is 0. The van der Waals surface area contributed by atoms with E-state index >= 15 is 0 Å². The molecule has 1 aliphatic heterocycles. The van der Waals surface area contributed by atoms with Crippen LogP contribution in [0.4, 0.5) is 0 Å². The third kappa shape index (κ3) is 3.51. The number of pyridine rings is 1. The van der Waals surface area contributed by atoms with Gasteiger partial charge >= 0.3 is 0 Å². The molecule has 0 bridgehead atoms. The van der Waals surface area contributed by atoms with Crippen molar-refractivity contribution >= 4 is 28.6 Å². The molecular weight excluding hydrogens is 308 g/mol. The van der Waals surface area contributed by atoms with E-state index in [9.17, 15) is 14.4 Å². The normalized spacial score (nSPS) is 18.2. The van der Waals surface area contributed by atoms with E-state index in [1.165, 1.54) is 0 Å². The van der Waals surface area contributed by atoms with Gasteiger partial charge in [-0.1, -0.05) is 24.3 Å². The molecule has 0 saturated carbocycles. The average Bonchev–Trinajstić information content (AvgIpc) is 3.00. The van der Waals surface area contributed by atoms with Crippen LogP contribution in [0.3, 0.4) is 0 Å². The molecule has 1 aliphatic rings. The van der Waals surface area contributed by atoms with Crippen molar-refractivity contribution in [2.75, 3.05) is 0 Å². The number of benzene rings is 1. The number of fused-ring (bicyclic) bond motifs is 1. The number of hydrogen-bond donors (Lipinski definition) is 3. The summed E-state index contributed by atoms with van der Waals surface area (Å²) in [5.41, 5.74) is 6.88. The highest BCUT2D eigenvalue weighted by Crippen LogP contribution is 2.13. The Hall–Kier alpha value is -2.96. The first kappa shape index (κ1) is 15.9. The highest BCUT2D eigenvalue weighted by Gasteiger charge is 2.30. The zero-order valence-electron chi connectivity index (χ0n) is 13.0. The molecule has 1 aromatic heterocycles. The first-order valence-electron chi connectivity index (χ1n) is 7.76. The smallest absolute Gasteiger partial charge is 0.243 e. The molecule has 3 amide bonds. The van der Waals surface area contributed by atoms with Gasteiger partial charge in [0.2, 0.25) is 17.7 Å². The minimum atomic E-state index is -0.872. The molecule has 1 saturated heterocycles. The van der Waals surface area contributed by atoms with Crippen molar-refractivity contribution in [2.45, 2.75) is 31.3 Å². The summed E-state index contributed by atoms with van der Waals surface area (Å²) in [5.74, 6) is -1.20. The van der Waals surface area contributed by atoms with Gasteiger partial charge in [0.1, 0.15) is 12.1 Å². The van der Waals surface area contributed by atoms with Crippen LogP contribution in [0.5, 0.6) is 0 Å². The van der Waals surface area contributed by atoms with Gasteiger partial charge in [-0.05, 0) is 18.6 Å². The number of hydrogen-bond acceptors (Lipinski definition) is 4. The van der Waals surface area contributed by atoms with E-state index in [0.29, 0.717) is 18.5 Å². The van der Waals surface area contributed by atoms with Gasteiger partial charge in [0.25, 0.3) is 0 Å². The molecule has 2 heterocycles. The van der Waals surface area contributed by atoms with Gasteiger partial charge in [-0.2, -0.15) is 0 Å². The summed E-state index contributed by atoms with van der Waals surface area (Å²) in [6.45, 7) is 0. The summed E-state index contributed by atoms with van der Waals surface area (Å²) in [5, 5.41) is 6.17. The molecule has 7 heteroatoms. The van der Waals surface area contributed by atoms with Gasteiger partial charge in [0.15, 0.2) is 0 Å². The third-order valence-electron chi connectivity index (χ3n) is 4.04. The number of rotatable bonds is 5. The molecule has 2 aromatic rings. The Bertz CT molecular complexity index is 805. The van der Waals surface area contributed by atoms with Gasteiger partial charge in [0, 0.05) is 23.9 Å². The molecule has 24 heavy (non-hydrogen) atoms. The lowest BCUT2D eigenvalue weighted by atomic mass is 10.1. The van der Waals surface area contributed by atoms with Crippen LogP contribution in [0, 0.1) is 0 Å². The number of nitrogens with zero attached hydrogens (tertiary/aromatic N) is 1. The SMILES string of the molecule is NC(=O)[C@H](Cc1ccc2ccccc2n1)NC(=O)[C@@H]1CCC(=O)N1. The van der Waals surface area contributed by atoms with Crippen LogP contribution < -0.4 is 16.4 Å². The molecule has 3 rings (SSSR count). The predicted octanol–water partition coefficient (Wildman–Crippen LogP) is 0.0260. The highest BCUT2D eigenvalue weighted by molar-refractivity contribution is 5.93. The predicted molar refractivity (Wildman–Crippen MR) is 87.7 cm³/mol. The van der Waals surface area contributed by atoms with Crippen molar-refractivity contribution in [2.24, 2.45) is 5.73 Å². The Labute approximate surface area is 138 Å². The quantitative estimate of drug-likeness (QED) is 0.719. The van der Waals surface area contributed by atoms with Crippen LogP contribution in [-0.4, -0.2) is 34.8 Å². The Morgan fingerprint density at radius 2 is 2.08 bits per heavy atom. The fourth-order valence-electron chi connectivity index (χ4n) is 2.74. The van der Waals surface area contributed by atoms with Crippen LogP contribution in [-0.2, 0) is 20.8 Å². The van der Waals surface area contributed by atoms with Crippen molar-refractivity contribution in [3.05, 3.63) is 42.1 Å². The minimum absolute atomic E-state index is 0.165. The lowest BCUT2D eigenvalue weighted by Crippen LogP contribution is -2.51. The second kappa shape index (κ2) is 6.66. The molecule has 124 valence electrons. The monoisotopic (exact) mass is 326 g/mol. The number of amides is 3. The van der Waals surface area contributed by atoms with Crippen molar-refractivity contribution in [3.63, 3.8) is 0 Å². The largest absolute Gasteiger partial charge is 0.368 e. The van der Waals surface area contributed by atoms with Gasteiger partial charge in [-0.25, -0.2) is 0 Å². The number of primary amides is 1. The fourth-order valence-corrected chi connectivity index (χ4v) is 2.74. The molecule has 0 unspecified atom stereocenters. The molecule has 0 spiro atoms. The van der Waals surface area contributed by atoms with Crippen LogP contribution in [0.25, 0.3) is 10.9 Å². The summed E-state index contributed by atoms with van der Waals surface area (Å²) in [6, 6.07) is 9.87. The standard InChI is InChI=1S/C17H18N4O3/c18-16(23)14(21-17(24)13-7-8-15(22)20-13)9-11-6-5-10-3-1-2-4-12(10)19-11/h1-6,13-14H,7-9H2,(H2,18,23)(H,20,22)(H,21,24)/t13-,14-/m0/s1. The van der Waals surface area contributed by atoms with Gasteiger partial charge in [-0.15, -0.1) is 0 Å². The second-order valence-corrected chi connectivity index (χ2v) is 5.82. The molecular formula is C17H18N4O3. The van der Waals surface area contributed by atoms with Gasteiger partial charge in [0.05, 0.1) is 5.52 Å². The Balaban J connectivity index is 1.72. The highest BCUT2D eigenvalue weighted by atomic mass is 16.2. The van der Waals surface area contributed by atoms with Crippen molar-refractivity contribution in [3.8, 4) is 0 Å². The Morgan fingerprint density at radius 1 is 1.29 bits per heavy atom. The number of nitrogens with two attached hydrogens (primary N) is 1. The van der Waals surface area contributed by atoms with E-state index in [2.05, 4.69) is 15.6 Å². The zero-order chi connectivity index (χ0) is 17.1. The second-order valence-electron chi connectivity index (χ2n) is 5.82. The number of carbonyl (C=O) groups is 3. The Morgan fingerprint density at radius 3 is 2.79 bits per heavy atom. The molecule has 0 aliphatic carbocycles. The first-order chi connectivity index (χ1) is 11.5. The van der Waals surface area contributed by atoms with Gasteiger partial charge in [-0.3, -0.25) is 19.4 Å². The summed E-state index contributed by atoms with van der Waals surface area (Å²) >= 11 is 0. The first-order valence-corrected chi connectivity index (χ1v) is 7.76. The van der Waals surface area contributed by atoms with Crippen LogP contribution in [0.1, 0.15) is 18.5 Å². The van der Waals surface area contributed by atoms with Crippen molar-refractivity contribution in [1.82, 2.24) is 15.6 Å². The van der Waals surface area contributed by atoms with Crippen molar-refractivity contribution < 1.29 is 14.4 Å². The van der Waals surface area contributed by atoms with Crippen LogP contribution >= 0.6 is 0 Å². The number of aromatic nitrogens is 1.